The molecule has 1 aromatic rings. The molecule has 1 aromatic heterocycles. The predicted octanol–water partition coefficient (Wildman–Crippen LogP) is 1.96. The van der Waals surface area contributed by atoms with Crippen LogP contribution in [0.1, 0.15) is 38.4 Å². The first-order chi connectivity index (χ1) is 10.7. The molecule has 6 heteroatoms. The van der Waals surface area contributed by atoms with Gasteiger partial charge >= 0.3 is 0 Å². The largest absolute Gasteiger partial charge is 0.365 e. The first-order valence-corrected chi connectivity index (χ1v) is 8.04. The fourth-order valence-electron chi connectivity index (χ4n) is 2.93. The summed E-state index contributed by atoms with van der Waals surface area (Å²) >= 11 is 0. The van der Waals surface area contributed by atoms with Crippen LogP contribution in [0.2, 0.25) is 0 Å². The molecule has 22 heavy (non-hydrogen) atoms. The highest BCUT2D eigenvalue weighted by atomic mass is 16.5. The van der Waals surface area contributed by atoms with E-state index in [-0.39, 0.29) is 17.9 Å². The van der Waals surface area contributed by atoms with Gasteiger partial charge in [-0.25, -0.2) is 0 Å². The molecular weight excluding hydrogens is 282 g/mol. The van der Waals surface area contributed by atoms with E-state index in [1.165, 1.54) is 0 Å². The zero-order valence-corrected chi connectivity index (χ0v) is 13.2. The number of carbonyl (C=O) groups excluding carboxylic acids is 1. The summed E-state index contributed by atoms with van der Waals surface area (Å²) in [6.45, 7) is 5.79. The Hall–Kier alpha value is -1.69. The summed E-state index contributed by atoms with van der Waals surface area (Å²) in [5.74, 6) is 2.04. The minimum Gasteiger partial charge on any atom is -0.365 e. The third-order valence-corrected chi connectivity index (χ3v) is 4.50. The second-order valence-electron chi connectivity index (χ2n) is 6.16. The Morgan fingerprint density at radius 2 is 2.18 bits per heavy atom. The van der Waals surface area contributed by atoms with Crippen molar-refractivity contribution in [1.29, 1.82) is 0 Å². The van der Waals surface area contributed by atoms with E-state index in [0.717, 1.165) is 19.3 Å². The third kappa shape index (κ3) is 3.21. The molecule has 1 aliphatic heterocycles. The van der Waals surface area contributed by atoms with Crippen molar-refractivity contribution in [2.24, 2.45) is 11.8 Å². The highest BCUT2D eigenvalue weighted by Gasteiger charge is 2.37. The molecule has 1 fully saturated rings. The molecule has 0 aromatic carbocycles. The molecule has 1 saturated heterocycles. The maximum atomic E-state index is 12.4. The fraction of sp³-hybridized carbons (Fsp3) is 0.688. The Labute approximate surface area is 130 Å². The lowest BCUT2D eigenvalue weighted by molar-refractivity contribution is -0.152. The van der Waals surface area contributed by atoms with Crippen molar-refractivity contribution < 1.29 is 14.1 Å². The Balaban J connectivity index is 1.42. The van der Waals surface area contributed by atoms with Crippen LogP contribution in [0.15, 0.2) is 16.7 Å². The van der Waals surface area contributed by atoms with Crippen LogP contribution < -0.4 is 0 Å². The lowest BCUT2D eigenvalue weighted by atomic mass is 9.83. The molecule has 0 bridgehead atoms. The second-order valence-corrected chi connectivity index (χ2v) is 6.16. The topological polar surface area (TPSA) is 68.5 Å². The number of aromatic nitrogens is 2. The van der Waals surface area contributed by atoms with Crippen LogP contribution in [-0.2, 0) is 22.6 Å². The number of amides is 1. The van der Waals surface area contributed by atoms with Gasteiger partial charge < -0.3 is 14.2 Å². The zero-order chi connectivity index (χ0) is 15.5. The smallest absolute Gasteiger partial charge is 0.252 e. The predicted molar refractivity (Wildman–Crippen MR) is 79.9 cm³/mol. The Morgan fingerprint density at radius 3 is 2.86 bits per heavy atom. The molecule has 2 heterocycles. The molecule has 2 aliphatic rings. The average Bonchev–Trinajstić information content (AvgIpc) is 2.94. The van der Waals surface area contributed by atoms with Crippen molar-refractivity contribution in [2.45, 2.75) is 45.8 Å². The Bertz CT molecular complexity index is 549. The van der Waals surface area contributed by atoms with Crippen molar-refractivity contribution in [3.05, 3.63) is 23.9 Å². The summed E-state index contributed by atoms with van der Waals surface area (Å²) in [5, 5.41) is 3.83. The fourth-order valence-corrected chi connectivity index (χ4v) is 2.93. The van der Waals surface area contributed by atoms with E-state index in [1.807, 2.05) is 11.8 Å². The van der Waals surface area contributed by atoms with Crippen molar-refractivity contribution in [3.8, 4) is 0 Å². The van der Waals surface area contributed by atoms with E-state index in [9.17, 15) is 4.79 Å². The quantitative estimate of drug-likeness (QED) is 0.778. The normalized spacial score (nSPS) is 25.3. The maximum absolute atomic E-state index is 12.4. The first-order valence-electron chi connectivity index (χ1n) is 8.04. The van der Waals surface area contributed by atoms with Crippen LogP contribution >= 0.6 is 0 Å². The first kappa shape index (κ1) is 15.2. The number of hydrogen-bond acceptors (Lipinski definition) is 5. The van der Waals surface area contributed by atoms with Gasteiger partial charge in [0, 0.05) is 25.4 Å². The summed E-state index contributed by atoms with van der Waals surface area (Å²) in [4.78, 5) is 18.6. The number of rotatable bonds is 5. The maximum Gasteiger partial charge on any atom is 0.252 e. The lowest BCUT2D eigenvalue weighted by Crippen LogP contribution is -2.57. The van der Waals surface area contributed by atoms with Crippen LogP contribution in [-0.4, -0.2) is 40.1 Å². The van der Waals surface area contributed by atoms with Crippen molar-refractivity contribution in [2.75, 3.05) is 13.1 Å². The summed E-state index contributed by atoms with van der Waals surface area (Å²) in [5.41, 5.74) is 0. The van der Waals surface area contributed by atoms with E-state index >= 15 is 0 Å². The van der Waals surface area contributed by atoms with Gasteiger partial charge in [-0.1, -0.05) is 31.2 Å². The Morgan fingerprint density at radius 1 is 1.41 bits per heavy atom. The number of hydrogen-bond donors (Lipinski definition) is 0. The van der Waals surface area contributed by atoms with Gasteiger partial charge in [-0.3, -0.25) is 4.79 Å². The minimum atomic E-state index is 0.0790. The van der Waals surface area contributed by atoms with Crippen LogP contribution in [0.5, 0.6) is 0 Å². The standard InChI is InChI=1S/C16H23N3O3/c1-3-14-17-15(22-18-14)10-21-12-8-19(9-12)16(20)13-7-5-4-6-11(13)2/h4-5,11-13H,3,6-10H2,1-2H3/t11-,13-/m1/s1. The Kier molecular flexibility index (Phi) is 4.57. The van der Waals surface area contributed by atoms with Gasteiger partial charge in [0.25, 0.3) is 5.89 Å². The molecule has 0 saturated carbocycles. The molecule has 0 unspecified atom stereocenters. The van der Waals surface area contributed by atoms with E-state index < -0.39 is 0 Å². The second kappa shape index (κ2) is 6.60. The minimum absolute atomic E-state index is 0.0790. The zero-order valence-electron chi connectivity index (χ0n) is 13.2. The summed E-state index contributed by atoms with van der Waals surface area (Å²) in [6, 6.07) is 0. The molecule has 2 atom stereocenters. The highest BCUT2D eigenvalue weighted by molar-refractivity contribution is 5.80. The number of aryl methyl sites for hydroxylation is 1. The summed E-state index contributed by atoms with van der Waals surface area (Å²) < 4.78 is 10.8. The molecule has 120 valence electrons. The van der Waals surface area contributed by atoms with Gasteiger partial charge in [0.05, 0.1) is 6.10 Å². The molecule has 0 spiro atoms. The van der Waals surface area contributed by atoms with Gasteiger partial charge in [0.2, 0.25) is 5.91 Å². The van der Waals surface area contributed by atoms with E-state index in [1.54, 1.807) is 0 Å². The van der Waals surface area contributed by atoms with Gasteiger partial charge in [0.15, 0.2) is 5.82 Å². The molecule has 1 amide bonds. The SMILES string of the molecule is CCc1noc(COC2CN(C(=O)[C@@H]3CC=CC[C@H]3C)C2)n1. The molecule has 0 radical (unpaired) electrons. The van der Waals surface area contributed by atoms with Gasteiger partial charge in [0.1, 0.15) is 6.61 Å². The average molecular weight is 305 g/mol. The van der Waals surface area contributed by atoms with Crippen molar-refractivity contribution in [3.63, 3.8) is 0 Å². The van der Waals surface area contributed by atoms with Gasteiger partial charge in [-0.2, -0.15) is 4.98 Å². The van der Waals surface area contributed by atoms with Crippen LogP contribution in [0.4, 0.5) is 0 Å². The number of ether oxygens (including phenoxy) is 1. The lowest BCUT2D eigenvalue weighted by Gasteiger charge is -2.41. The molecular formula is C16H23N3O3. The molecule has 1 aliphatic carbocycles. The third-order valence-electron chi connectivity index (χ3n) is 4.50. The van der Waals surface area contributed by atoms with Crippen LogP contribution in [0.25, 0.3) is 0 Å². The van der Waals surface area contributed by atoms with Crippen LogP contribution in [0.3, 0.4) is 0 Å². The number of allylic oxidation sites excluding steroid dienone is 2. The number of carbonyl (C=O) groups is 1. The van der Waals surface area contributed by atoms with E-state index in [4.69, 9.17) is 9.26 Å². The monoisotopic (exact) mass is 305 g/mol. The van der Waals surface area contributed by atoms with Crippen molar-refractivity contribution >= 4 is 5.91 Å². The summed E-state index contributed by atoms with van der Waals surface area (Å²) in [7, 11) is 0. The van der Waals surface area contributed by atoms with Crippen molar-refractivity contribution in [1.82, 2.24) is 15.0 Å². The molecule has 6 nitrogen and oxygen atoms in total. The molecule has 0 N–H and O–H groups in total. The highest BCUT2D eigenvalue weighted by Crippen LogP contribution is 2.28. The van der Waals surface area contributed by atoms with Gasteiger partial charge in [-0.05, 0) is 18.8 Å². The van der Waals surface area contributed by atoms with E-state index in [0.29, 0.717) is 37.3 Å². The molecule has 3 rings (SSSR count). The number of nitrogens with zero attached hydrogens (tertiary/aromatic N) is 3. The summed E-state index contributed by atoms with van der Waals surface area (Å²) in [6.07, 6.45) is 6.99. The van der Waals surface area contributed by atoms with E-state index in [2.05, 4.69) is 29.2 Å². The van der Waals surface area contributed by atoms with Gasteiger partial charge in [-0.15, -0.1) is 0 Å². The van der Waals surface area contributed by atoms with Crippen LogP contribution in [0, 0.1) is 11.8 Å². The number of likely N-dealkylation sites (tertiary alicyclic amines) is 1.